The number of nitrogens with zero attached hydrogens (tertiary/aromatic N) is 3. The van der Waals surface area contributed by atoms with Crippen molar-refractivity contribution in [3.05, 3.63) is 45.9 Å². The van der Waals surface area contributed by atoms with E-state index in [9.17, 15) is 9.50 Å². The largest absolute Gasteiger partial charge is 0.387 e. The summed E-state index contributed by atoms with van der Waals surface area (Å²) in [6.45, 7) is 3.55. The van der Waals surface area contributed by atoms with Crippen molar-refractivity contribution in [2.75, 3.05) is 13.6 Å². The van der Waals surface area contributed by atoms with Crippen molar-refractivity contribution in [1.29, 1.82) is 0 Å². The number of hydrogen-bond acceptors (Lipinski definition) is 5. The molecule has 6 heteroatoms. The second kappa shape index (κ2) is 6.88. The fraction of sp³-hybridized carbons (Fsp3) is 0.429. The zero-order chi connectivity index (χ0) is 14.5. The highest BCUT2D eigenvalue weighted by molar-refractivity contribution is 7.09. The van der Waals surface area contributed by atoms with Crippen LogP contribution in [0.5, 0.6) is 0 Å². The first kappa shape index (κ1) is 15.0. The van der Waals surface area contributed by atoms with Gasteiger partial charge in [-0.15, -0.1) is 11.3 Å². The molecule has 0 amide bonds. The number of aromatic nitrogens is 2. The molecule has 20 heavy (non-hydrogen) atoms. The third-order valence-corrected chi connectivity index (χ3v) is 4.05. The molecule has 2 rings (SSSR count). The number of rotatable bonds is 6. The summed E-state index contributed by atoms with van der Waals surface area (Å²) in [6.07, 6.45) is 1.02. The summed E-state index contributed by atoms with van der Waals surface area (Å²) < 4.78 is 12.8. The molecule has 0 saturated heterocycles. The van der Waals surface area contributed by atoms with Gasteiger partial charge < -0.3 is 10.0 Å². The van der Waals surface area contributed by atoms with Gasteiger partial charge >= 0.3 is 0 Å². The molecular formula is C14H18FN3OS. The Labute approximate surface area is 121 Å². The van der Waals surface area contributed by atoms with Crippen LogP contribution in [0.25, 0.3) is 0 Å². The van der Waals surface area contributed by atoms with Crippen LogP contribution in [0.2, 0.25) is 0 Å². The number of aliphatic hydroxyl groups excluding tert-OH is 1. The topological polar surface area (TPSA) is 49.2 Å². The van der Waals surface area contributed by atoms with Crippen molar-refractivity contribution < 1.29 is 9.50 Å². The Morgan fingerprint density at radius 2 is 2.20 bits per heavy atom. The van der Waals surface area contributed by atoms with E-state index in [1.54, 1.807) is 11.3 Å². The smallest absolute Gasteiger partial charge is 0.141 e. The fourth-order valence-electron chi connectivity index (χ4n) is 1.88. The van der Waals surface area contributed by atoms with Crippen LogP contribution in [0.4, 0.5) is 4.39 Å². The summed E-state index contributed by atoms with van der Waals surface area (Å²) in [6, 6.07) is 2.84. The molecular weight excluding hydrogens is 277 g/mol. The molecule has 0 aromatic carbocycles. The lowest BCUT2D eigenvalue weighted by atomic mass is 10.1. The normalized spacial score (nSPS) is 12.8. The summed E-state index contributed by atoms with van der Waals surface area (Å²) in [4.78, 5) is 11.5. The maximum absolute atomic E-state index is 12.8. The van der Waals surface area contributed by atoms with E-state index in [0.717, 1.165) is 25.0 Å². The molecule has 1 atom stereocenters. The Morgan fingerprint density at radius 3 is 2.80 bits per heavy atom. The van der Waals surface area contributed by atoms with Crippen LogP contribution in [0.1, 0.15) is 28.8 Å². The summed E-state index contributed by atoms with van der Waals surface area (Å²) in [5.41, 5.74) is 3.41. The van der Waals surface area contributed by atoms with Crippen LogP contribution < -0.4 is 0 Å². The number of pyridine rings is 1. The van der Waals surface area contributed by atoms with Crippen molar-refractivity contribution in [3.63, 3.8) is 0 Å². The van der Waals surface area contributed by atoms with Gasteiger partial charge in [-0.25, -0.2) is 9.37 Å². The van der Waals surface area contributed by atoms with Gasteiger partial charge in [-0.2, -0.15) is 0 Å². The van der Waals surface area contributed by atoms with Crippen LogP contribution in [-0.4, -0.2) is 33.6 Å². The fourth-order valence-corrected chi connectivity index (χ4v) is 2.73. The molecule has 0 fully saturated rings. The van der Waals surface area contributed by atoms with Gasteiger partial charge in [0.05, 0.1) is 29.2 Å². The van der Waals surface area contributed by atoms with E-state index >= 15 is 0 Å². The van der Waals surface area contributed by atoms with E-state index in [4.69, 9.17) is 0 Å². The highest BCUT2D eigenvalue weighted by atomic mass is 32.1. The SMILES string of the molecule is Cc1ncsc1CN(C)CCC(O)c1ccc(F)cn1. The standard InChI is InChI=1S/C14H18FN3OS/c1-10-14(20-9-17-10)8-18(2)6-5-13(19)12-4-3-11(15)7-16-12/h3-4,7,9,13,19H,5-6,8H2,1-2H3. The van der Waals surface area contributed by atoms with Crippen molar-refractivity contribution in [2.24, 2.45) is 0 Å². The van der Waals surface area contributed by atoms with E-state index in [1.807, 2.05) is 19.5 Å². The Morgan fingerprint density at radius 1 is 1.40 bits per heavy atom. The molecule has 0 aliphatic carbocycles. The lowest BCUT2D eigenvalue weighted by Gasteiger charge is -2.18. The monoisotopic (exact) mass is 295 g/mol. The lowest BCUT2D eigenvalue weighted by Crippen LogP contribution is -2.21. The Bertz CT molecular complexity index is 544. The first-order chi connectivity index (χ1) is 9.56. The Kier molecular flexibility index (Phi) is 5.17. The number of halogens is 1. The molecule has 0 saturated carbocycles. The summed E-state index contributed by atoms with van der Waals surface area (Å²) in [5, 5.41) is 10.0. The Hall–Kier alpha value is -1.37. The second-order valence-corrected chi connectivity index (χ2v) is 5.74. The first-order valence-corrected chi connectivity index (χ1v) is 7.31. The molecule has 0 aliphatic rings. The van der Waals surface area contributed by atoms with Gasteiger partial charge in [-0.05, 0) is 32.5 Å². The summed E-state index contributed by atoms with van der Waals surface area (Å²) in [5.74, 6) is -0.390. The molecule has 2 heterocycles. The third kappa shape index (κ3) is 4.06. The minimum absolute atomic E-state index is 0.390. The lowest BCUT2D eigenvalue weighted by molar-refractivity contribution is 0.143. The van der Waals surface area contributed by atoms with Gasteiger partial charge in [0.15, 0.2) is 0 Å². The molecule has 1 unspecified atom stereocenters. The van der Waals surface area contributed by atoms with Crippen LogP contribution in [0, 0.1) is 12.7 Å². The number of aliphatic hydroxyl groups is 1. The van der Waals surface area contributed by atoms with Gasteiger partial charge in [0.2, 0.25) is 0 Å². The number of aryl methyl sites for hydroxylation is 1. The van der Waals surface area contributed by atoms with Gasteiger partial charge in [-0.1, -0.05) is 0 Å². The molecule has 0 radical (unpaired) electrons. The van der Waals surface area contributed by atoms with Gasteiger partial charge in [-0.3, -0.25) is 4.98 Å². The maximum Gasteiger partial charge on any atom is 0.141 e. The molecule has 0 aliphatic heterocycles. The maximum atomic E-state index is 12.8. The third-order valence-electron chi connectivity index (χ3n) is 3.13. The zero-order valence-corrected chi connectivity index (χ0v) is 12.4. The minimum atomic E-state index is -0.666. The van der Waals surface area contributed by atoms with Crippen LogP contribution in [-0.2, 0) is 6.54 Å². The molecule has 2 aromatic heterocycles. The highest BCUT2D eigenvalue weighted by Gasteiger charge is 2.12. The van der Waals surface area contributed by atoms with Crippen LogP contribution in [0.3, 0.4) is 0 Å². The number of thiazole rings is 1. The first-order valence-electron chi connectivity index (χ1n) is 6.43. The van der Waals surface area contributed by atoms with E-state index in [2.05, 4.69) is 14.9 Å². The van der Waals surface area contributed by atoms with Crippen molar-refractivity contribution in [3.8, 4) is 0 Å². The van der Waals surface area contributed by atoms with Gasteiger partial charge in [0, 0.05) is 18.0 Å². The van der Waals surface area contributed by atoms with E-state index < -0.39 is 11.9 Å². The van der Waals surface area contributed by atoms with Crippen LogP contribution >= 0.6 is 11.3 Å². The molecule has 0 bridgehead atoms. The van der Waals surface area contributed by atoms with Gasteiger partial charge in [0.1, 0.15) is 5.82 Å². The predicted octanol–water partition coefficient (Wildman–Crippen LogP) is 2.54. The van der Waals surface area contributed by atoms with Crippen molar-refractivity contribution >= 4 is 11.3 Å². The van der Waals surface area contributed by atoms with Gasteiger partial charge in [0.25, 0.3) is 0 Å². The predicted molar refractivity (Wildman–Crippen MR) is 77.0 cm³/mol. The Balaban J connectivity index is 1.82. The van der Waals surface area contributed by atoms with E-state index in [0.29, 0.717) is 12.1 Å². The summed E-state index contributed by atoms with van der Waals surface area (Å²) in [7, 11) is 2.00. The molecule has 0 spiro atoms. The van der Waals surface area contributed by atoms with E-state index in [1.165, 1.54) is 17.0 Å². The number of hydrogen-bond donors (Lipinski definition) is 1. The quantitative estimate of drug-likeness (QED) is 0.890. The summed E-state index contributed by atoms with van der Waals surface area (Å²) >= 11 is 1.64. The van der Waals surface area contributed by atoms with Crippen LogP contribution in [0.15, 0.2) is 23.8 Å². The van der Waals surface area contributed by atoms with Crippen molar-refractivity contribution in [2.45, 2.75) is 26.0 Å². The molecule has 4 nitrogen and oxygen atoms in total. The molecule has 2 aromatic rings. The average Bonchev–Trinajstić information content (AvgIpc) is 2.82. The zero-order valence-electron chi connectivity index (χ0n) is 11.6. The highest BCUT2D eigenvalue weighted by Crippen LogP contribution is 2.17. The average molecular weight is 295 g/mol. The van der Waals surface area contributed by atoms with Crippen molar-refractivity contribution in [1.82, 2.24) is 14.9 Å². The molecule has 108 valence electrons. The van der Waals surface area contributed by atoms with E-state index in [-0.39, 0.29) is 0 Å². The molecule has 1 N–H and O–H groups in total. The second-order valence-electron chi connectivity index (χ2n) is 4.80. The minimum Gasteiger partial charge on any atom is -0.387 e.